The average Bonchev–Trinajstić information content (AvgIpc) is 2.52. The minimum Gasteiger partial charge on any atom is -0.361 e. The van der Waals surface area contributed by atoms with Crippen molar-refractivity contribution in [1.29, 1.82) is 0 Å². The van der Waals surface area contributed by atoms with Crippen LogP contribution in [-0.4, -0.2) is 36.9 Å². The van der Waals surface area contributed by atoms with Crippen LogP contribution in [0.2, 0.25) is 0 Å². The summed E-state index contributed by atoms with van der Waals surface area (Å²) in [4.78, 5) is 6.83. The van der Waals surface area contributed by atoms with Crippen molar-refractivity contribution in [2.45, 2.75) is 31.7 Å². The summed E-state index contributed by atoms with van der Waals surface area (Å²) in [6.07, 6.45) is 5.04. The largest absolute Gasteiger partial charge is 0.361 e. The Bertz CT molecular complexity index is 212. The molecule has 3 nitrogen and oxygen atoms in total. The van der Waals surface area contributed by atoms with E-state index < -0.39 is 0 Å². The first kappa shape index (κ1) is 9.00. The lowest BCUT2D eigenvalue weighted by Gasteiger charge is -2.31. The Morgan fingerprint density at radius 3 is 2.77 bits per heavy atom. The third-order valence-electron chi connectivity index (χ3n) is 3.25. The molecule has 0 amide bonds. The van der Waals surface area contributed by atoms with Crippen molar-refractivity contribution >= 4 is 5.84 Å². The third kappa shape index (κ3) is 1.70. The summed E-state index contributed by atoms with van der Waals surface area (Å²) in [7, 11) is 2.13. The van der Waals surface area contributed by atoms with Gasteiger partial charge in [-0.2, -0.15) is 0 Å². The van der Waals surface area contributed by atoms with Gasteiger partial charge >= 0.3 is 0 Å². The molecule has 0 aromatic heterocycles. The van der Waals surface area contributed by atoms with Gasteiger partial charge in [0, 0.05) is 25.6 Å². The quantitative estimate of drug-likeness (QED) is 0.651. The minimum atomic E-state index is 0.355. The number of rotatable bonds is 1. The zero-order chi connectivity index (χ0) is 9.26. The Balaban J connectivity index is 2.05. The lowest BCUT2D eigenvalue weighted by molar-refractivity contribution is 0.357. The van der Waals surface area contributed by atoms with Gasteiger partial charge in [-0.25, -0.2) is 0 Å². The summed E-state index contributed by atoms with van der Waals surface area (Å²) in [5.74, 6) is 1.81. The van der Waals surface area contributed by atoms with Gasteiger partial charge in [-0.1, -0.05) is 12.8 Å². The first-order chi connectivity index (χ1) is 6.29. The fraction of sp³-hybridized carbons (Fsp3) is 0.900. The van der Waals surface area contributed by atoms with Crippen LogP contribution in [0.4, 0.5) is 0 Å². The van der Waals surface area contributed by atoms with E-state index in [1.165, 1.54) is 31.5 Å². The van der Waals surface area contributed by atoms with Crippen LogP contribution in [0.15, 0.2) is 4.99 Å². The molecule has 0 bridgehead atoms. The van der Waals surface area contributed by atoms with Crippen LogP contribution in [0.1, 0.15) is 25.7 Å². The number of nitrogens with two attached hydrogens (primary N) is 1. The SMILES string of the molecule is CN1CCN=C1C1CCCCC1N. The van der Waals surface area contributed by atoms with Crippen LogP contribution >= 0.6 is 0 Å². The molecular weight excluding hydrogens is 162 g/mol. The fourth-order valence-corrected chi connectivity index (χ4v) is 2.43. The lowest BCUT2D eigenvalue weighted by Crippen LogP contribution is -2.42. The van der Waals surface area contributed by atoms with E-state index in [0.717, 1.165) is 13.1 Å². The van der Waals surface area contributed by atoms with E-state index >= 15 is 0 Å². The first-order valence-electron chi connectivity index (χ1n) is 5.30. The van der Waals surface area contributed by atoms with Gasteiger partial charge in [0.25, 0.3) is 0 Å². The second-order valence-corrected chi connectivity index (χ2v) is 4.22. The maximum Gasteiger partial charge on any atom is 0.103 e. The summed E-state index contributed by atoms with van der Waals surface area (Å²) >= 11 is 0. The topological polar surface area (TPSA) is 41.6 Å². The maximum absolute atomic E-state index is 6.11. The summed E-state index contributed by atoms with van der Waals surface area (Å²) in [5.41, 5.74) is 6.11. The molecule has 0 radical (unpaired) electrons. The summed E-state index contributed by atoms with van der Waals surface area (Å²) in [6, 6.07) is 0.355. The van der Waals surface area contributed by atoms with Crippen molar-refractivity contribution in [2.75, 3.05) is 20.1 Å². The lowest BCUT2D eigenvalue weighted by atomic mass is 9.84. The maximum atomic E-state index is 6.11. The van der Waals surface area contributed by atoms with Crippen molar-refractivity contribution < 1.29 is 0 Å². The molecule has 2 N–H and O–H groups in total. The van der Waals surface area contributed by atoms with Crippen LogP contribution in [0.25, 0.3) is 0 Å². The average molecular weight is 181 g/mol. The molecule has 1 fully saturated rings. The minimum absolute atomic E-state index is 0.355. The second kappa shape index (κ2) is 3.66. The number of hydrogen-bond donors (Lipinski definition) is 1. The van der Waals surface area contributed by atoms with E-state index in [-0.39, 0.29) is 0 Å². The van der Waals surface area contributed by atoms with Crippen LogP contribution in [0.3, 0.4) is 0 Å². The molecule has 3 heteroatoms. The molecular formula is C10H19N3. The molecule has 2 rings (SSSR count). The van der Waals surface area contributed by atoms with E-state index in [1.54, 1.807) is 0 Å². The van der Waals surface area contributed by atoms with E-state index in [0.29, 0.717) is 12.0 Å². The van der Waals surface area contributed by atoms with Gasteiger partial charge in [0.2, 0.25) is 0 Å². The Morgan fingerprint density at radius 2 is 2.15 bits per heavy atom. The molecule has 0 saturated heterocycles. The molecule has 0 spiro atoms. The van der Waals surface area contributed by atoms with Gasteiger partial charge in [-0.3, -0.25) is 4.99 Å². The first-order valence-corrected chi connectivity index (χ1v) is 5.30. The molecule has 0 aromatic carbocycles. The molecule has 1 heterocycles. The van der Waals surface area contributed by atoms with E-state index in [1.807, 2.05) is 0 Å². The van der Waals surface area contributed by atoms with E-state index in [9.17, 15) is 0 Å². The predicted molar refractivity (Wildman–Crippen MR) is 54.9 cm³/mol. The van der Waals surface area contributed by atoms with Crippen molar-refractivity contribution in [2.24, 2.45) is 16.6 Å². The molecule has 2 atom stereocenters. The Kier molecular flexibility index (Phi) is 2.54. The number of nitrogens with zero attached hydrogens (tertiary/aromatic N) is 2. The molecule has 1 saturated carbocycles. The van der Waals surface area contributed by atoms with Crippen molar-refractivity contribution in [3.63, 3.8) is 0 Å². The zero-order valence-electron chi connectivity index (χ0n) is 8.37. The Hall–Kier alpha value is -0.570. The highest BCUT2D eigenvalue weighted by Crippen LogP contribution is 2.26. The Labute approximate surface area is 80.0 Å². The van der Waals surface area contributed by atoms with E-state index in [2.05, 4.69) is 16.9 Å². The third-order valence-corrected chi connectivity index (χ3v) is 3.25. The highest BCUT2D eigenvalue weighted by atomic mass is 15.2. The molecule has 2 aliphatic rings. The summed E-state index contributed by atoms with van der Waals surface area (Å²) < 4.78 is 0. The van der Waals surface area contributed by atoms with Crippen LogP contribution < -0.4 is 5.73 Å². The van der Waals surface area contributed by atoms with E-state index in [4.69, 9.17) is 5.73 Å². The van der Waals surface area contributed by atoms with Gasteiger partial charge in [0.15, 0.2) is 0 Å². The predicted octanol–water partition coefficient (Wildman–Crippen LogP) is 0.848. The van der Waals surface area contributed by atoms with Gasteiger partial charge < -0.3 is 10.6 Å². The standard InChI is InChI=1S/C10H19N3/c1-13-7-6-12-10(13)8-4-2-3-5-9(8)11/h8-9H,2-7,11H2,1H3. The van der Waals surface area contributed by atoms with Gasteiger partial charge in [0.05, 0.1) is 6.54 Å². The summed E-state index contributed by atoms with van der Waals surface area (Å²) in [6.45, 7) is 2.05. The van der Waals surface area contributed by atoms with Crippen molar-refractivity contribution in [1.82, 2.24) is 4.90 Å². The van der Waals surface area contributed by atoms with Crippen molar-refractivity contribution in [3.8, 4) is 0 Å². The molecule has 74 valence electrons. The Morgan fingerprint density at radius 1 is 1.38 bits per heavy atom. The van der Waals surface area contributed by atoms with Crippen LogP contribution in [-0.2, 0) is 0 Å². The van der Waals surface area contributed by atoms with Gasteiger partial charge in [-0.15, -0.1) is 0 Å². The molecule has 13 heavy (non-hydrogen) atoms. The number of hydrogen-bond acceptors (Lipinski definition) is 3. The second-order valence-electron chi connectivity index (χ2n) is 4.22. The molecule has 1 aliphatic heterocycles. The van der Waals surface area contributed by atoms with Gasteiger partial charge in [-0.05, 0) is 12.8 Å². The monoisotopic (exact) mass is 181 g/mol. The number of likely N-dealkylation sites (N-methyl/N-ethyl adjacent to an activating group) is 1. The van der Waals surface area contributed by atoms with Crippen molar-refractivity contribution in [3.05, 3.63) is 0 Å². The smallest absolute Gasteiger partial charge is 0.103 e. The molecule has 1 aliphatic carbocycles. The van der Waals surface area contributed by atoms with Crippen LogP contribution in [0, 0.1) is 5.92 Å². The highest BCUT2D eigenvalue weighted by Gasteiger charge is 2.29. The van der Waals surface area contributed by atoms with Crippen LogP contribution in [0.5, 0.6) is 0 Å². The fourth-order valence-electron chi connectivity index (χ4n) is 2.43. The van der Waals surface area contributed by atoms with Gasteiger partial charge in [0.1, 0.15) is 5.84 Å². The highest BCUT2D eigenvalue weighted by molar-refractivity contribution is 5.86. The number of aliphatic imine (C=N–C) groups is 1. The summed E-state index contributed by atoms with van der Waals surface area (Å²) in [5, 5.41) is 0. The normalized spacial score (nSPS) is 34.9. The number of amidine groups is 1. The molecule has 0 aromatic rings. The zero-order valence-corrected chi connectivity index (χ0v) is 8.37. The molecule has 2 unspecified atom stereocenters.